The average molecular weight is 305 g/mol. The number of hydrogen-bond acceptors (Lipinski definition) is 4. The molecule has 0 bridgehead atoms. The Morgan fingerprint density at radius 2 is 2.05 bits per heavy atom. The summed E-state index contributed by atoms with van der Waals surface area (Å²) >= 11 is 7.52. The number of phenols is 1. The van der Waals surface area contributed by atoms with Crippen molar-refractivity contribution in [1.82, 2.24) is 4.98 Å². The van der Waals surface area contributed by atoms with Crippen LogP contribution in [-0.2, 0) is 6.42 Å². The third-order valence-corrected chi connectivity index (χ3v) is 4.57. The summed E-state index contributed by atoms with van der Waals surface area (Å²) in [6.45, 7) is 0. The molecule has 0 fully saturated rings. The van der Waals surface area contributed by atoms with Crippen molar-refractivity contribution in [3.8, 4) is 5.75 Å². The van der Waals surface area contributed by atoms with Crippen LogP contribution in [0.4, 0.5) is 0 Å². The van der Waals surface area contributed by atoms with E-state index in [9.17, 15) is 5.11 Å². The van der Waals surface area contributed by atoms with E-state index in [-0.39, 0.29) is 11.8 Å². The zero-order valence-corrected chi connectivity index (χ0v) is 12.2. The summed E-state index contributed by atoms with van der Waals surface area (Å²) in [7, 11) is 0. The molecule has 1 aromatic heterocycles. The van der Waals surface area contributed by atoms with Crippen molar-refractivity contribution in [3.63, 3.8) is 0 Å². The molecular weight excluding hydrogens is 292 g/mol. The van der Waals surface area contributed by atoms with Crippen molar-refractivity contribution >= 4 is 33.2 Å². The molecule has 0 amide bonds. The number of phenolic OH excluding ortho intramolecular Hbond substituents is 1. The second-order valence-electron chi connectivity index (χ2n) is 4.62. The summed E-state index contributed by atoms with van der Waals surface area (Å²) in [5.74, 6) is 0.0870. The monoisotopic (exact) mass is 304 g/mol. The minimum absolute atomic E-state index is 0.0870. The van der Waals surface area contributed by atoms with Gasteiger partial charge in [-0.25, -0.2) is 4.98 Å². The molecule has 0 aliphatic carbocycles. The summed E-state index contributed by atoms with van der Waals surface area (Å²) in [5, 5.41) is 10.7. The third kappa shape index (κ3) is 2.63. The summed E-state index contributed by atoms with van der Waals surface area (Å²) < 4.78 is 1.14. The predicted octanol–water partition coefficient (Wildman–Crippen LogP) is 3.90. The molecule has 3 rings (SSSR count). The van der Waals surface area contributed by atoms with Crippen molar-refractivity contribution in [2.45, 2.75) is 12.5 Å². The van der Waals surface area contributed by atoms with E-state index < -0.39 is 0 Å². The number of aromatic hydroxyl groups is 1. The summed E-state index contributed by atoms with van der Waals surface area (Å²) in [5.41, 5.74) is 8.19. The first kappa shape index (κ1) is 13.4. The Morgan fingerprint density at radius 1 is 1.25 bits per heavy atom. The van der Waals surface area contributed by atoms with E-state index in [1.807, 2.05) is 30.3 Å². The third-order valence-electron chi connectivity index (χ3n) is 3.10. The van der Waals surface area contributed by atoms with Crippen molar-refractivity contribution in [3.05, 3.63) is 58.1 Å². The zero-order chi connectivity index (χ0) is 14.1. The largest absolute Gasteiger partial charge is 0.506 e. The van der Waals surface area contributed by atoms with Gasteiger partial charge in [0.2, 0.25) is 0 Å². The smallest absolute Gasteiger partial charge is 0.134 e. The quantitative estimate of drug-likeness (QED) is 0.771. The fourth-order valence-electron chi connectivity index (χ4n) is 2.07. The lowest BCUT2D eigenvalue weighted by atomic mass is 10.1. The van der Waals surface area contributed by atoms with Crippen LogP contribution in [0.5, 0.6) is 5.75 Å². The molecular formula is C15H13ClN2OS. The van der Waals surface area contributed by atoms with Crippen molar-refractivity contribution in [2.24, 2.45) is 5.73 Å². The molecule has 0 radical (unpaired) electrons. The lowest BCUT2D eigenvalue weighted by Crippen LogP contribution is -2.12. The molecule has 1 heterocycles. The van der Waals surface area contributed by atoms with Gasteiger partial charge in [0, 0.05) is 0 Å². The molecule has 3 nitrogen and oxygen atoms in total. The Hall–Kier alpha value is -1.62. The molecule has 0 saturated carbocycles. The van der Waals surface area contributed by atoms with Crippen LogP contribution in [0.25, 0.3) is 10.2 Å². The molecule has 1 unspecified atom stereocenters. The Balaban J connectivity index is 1.84. The van der Waals surface area contributed by atoms with Crippen LogP contribution in [0.3, 0.4) is 0 Å². The van der Waals surface area contributed by atoms with Gasteiger partial charge in [0.1, 0.15) is 10.8 Å². The number of fused-ring (bicyclic) bond motifs is 1. The molecule has 5 heteroatoms. The lowest BCUT2D eigenvalue weighted by Gasteiger charge is -2.09. The van der Waals surface area contributed by atoms with E-state index in [0.29, 0.717) is 11.4 Å². The van der Waals surface area contributed by atoms with Crippen LogP contribution in [0.2, 0.25) is 5.02 Å². The summed E-state index contributed by atoms with van der Waals surface area (Å²) in [4.78, 5) is 4.56. The number of benzene rings is 2. The summed E-state index contributed by atoms with van der Waals surface area (Å²) in [6, 6.07) is 13.0. The van der Waals surface area contributed by atoms with Crippen LogP contribution in [0.15, 0.2) is 42.5 Å². The zero-order valence-electron chi connectivity index (χ0n) is 10.6. The molecule has 0 saturated heterocycles. The van der Waals surface area contributed by atoms with Gasteiger partial charge in [-0.15, -0.1) is 11.3 Å². The van der Waals surface area contributed by atoms with Gasteiger partial charge in [-0.2, -0.15) is 0 Å². The van der Waals surface area contributed by atoms with Crippen LogP contribution >= 0.6 is 22.9 Å². The Morgan fingerprint density at radius 3 is 2.80 bits per heavy atom. The molecule has 102 valence electrons. The maximum Gasteiger partial charge on any atom is 0.134 e. The number of nitrogens with zero attached hydrogens (tertiary/aromatic N) is 1. The first-order valence-corrected chi connectivity index (χ1v) is 7.41. The molecule has 3 N–H and O–H groups in total. The highest BCUT2D eigenvalue weighted by molar-refractivity contribution is 7.18. The molecule has 20 heavy (non-hydrogen) atoms. The van der Waals surface area contributed by atoms with Crippen molar-refractivity contribution < 1.29 is 5.11 Å². The molecule has 0 aliphatic heterocycles. The fourth-order valence-corrected chi connectivity index (χ4v) is 3.24. The highest BCUT2D eigenvalue weighted by atomic mass is 35.5. The van der Waals surface area contributed by atoms with Crippen LogP contribution in [0.1, 0.15) is 16.6 Å². The van der Waals surface area contributed by atoms with E-state index in [1.54, 1.807) is 23.5 Å². The average Bonchev–Trinajstić information content (AvgIpc) is 2.87. The van der Waals surface area contributed by atoms with Gasteiger partial charge in [0.15, 0.2) is 0 Å². The van der Waals surface area contributed by atoms with Gasteiger partial charge in [0.05, 0.1) is 21.3 Å². The second kappa shape index (κ2) is 5.40. The summed E-state index contributed by atoms with van der Waals surface area (Å²) in [6.07, 6.45) is 0.639. The van der Waals surface area contributed by atoms with Crippen LogP contribution in [0, 0.1) is 0 Å². The number of thiazole rings is 1. The second-order valence-corrected chi connectivity index (χ2v) is 6.09. The van der Waals surface area contributed by atoms with Gasteiger partial charge in [-0.3, -0.25) is 0 Å². The fraction of sp³-hybridized carbons (Fsp3) is 0.133. The Kier molecular flexibility index (Phi) is 3.61. The number of hydrogen-bond donors (Lipinski definition) is 2. The number of nitrogens with two attached hydrogens (primary N) is 1. The topological polar surface area (TPSA) is 59.1 Å². The highest BCUT2D eigenvalue weighted by Crippen LogP contribution is 2.29. The molecule has 1 atom stereocenters. The van der Waals surface area contributed by atoms with E-state index in [1.165, 1.54) is 0 Å². The SMILES string of the molecule is NC(Cc1ccc(O)c(Cl)c1)c1nc2ccccc2s1. The van der Waals surface area contributed by atoms with Crippen molar-refractivity contribution in [1.29, 1.82) is 0 Å². The normalized spacial score (nSPS) is 12.7. The lowest BCUT2D eigenvalue weighted by molar-refractivity contribution is 0.475. The molecule has 0 aliphatic rings. The number of halogens is 1. The number of aromatic nitrogens is 1. The van der Waals surface area contributed by atoms with E-state index >= 15 is 0 Å². The molecule has 3 aromatic rings. The highest BCUT2D eigenvalue weighted by Gasteiger charge is 2.13. The first-order valence-electron chi connectivity index (χ1n) is 6.22. The Labute approximate surface area is 125 Å². The minimum Gasteiger partial charge on any atom is -0.506 e. The van der Waals surface area contributed by atoms with E-state index in [4.69, 9.17) is 17.3 Å². The van der Waals surface area contributed by atoms with Crippen molar-refractivity contribution in [2.75, 3.05) is 0 Å². The van der Waals surface area contributed by atoms with Gasteiger partial charge in [-0.1, -0.05) is 29.8 Å². The maximum atomic E-state index is 9.42. The van der Waals surface area contributed by atoms with Gasteiger partial charge >= 0.3 is 0 Å². The first-order chi connectivity index (χ1) is 9.63. The minimum atomic E-state index is -0.173. The maximum absolute atomic E-state index is 9.42. The molecule has 0 spiro atoms. The van der Waals surface area contributed by atoms with Crippen LogP contribution < -0.4 is 5.73 Å². The standard InChI is InChI=1S/C15H13ClN2OS/c16-10-7-9(5-6-13(10)19)8-11(17)15-18-12-3-1-2-4-14(12)20-15/h1-7,11,19H,8,17H2. The number of rotatable bonds is 3. The van der Waals surface area contributed by atoms with E-state index in [0.717, 1.165) is 20.8 Å². The van der Waals surface area contributed by atoms with Gasteiger partial charge in [-0.05, 0) is 36.2 Å². The molecule has 2 aromatic carbocycles. The van der Waals surface area contributed by atoms with E-state index in [2.05, 4.69) is 4.98 Å². The number of para-hydroxylation sites is 1. The van der Waals surface area contributed by atoms with Gasteiger partial charge < -0.3 is 10.8 Å². The van der Waals surface area contributed by atoms with Crippen LogP contribution in [-0.4, -0.2) is 10.1 Å². The Bertz CT molecular complexity index is 723. The predicted molar refractivity (Wildman–Crippen MR) is 83.4 cm³/mol. The van der Waals surface area contributed by atoms with Gasteiger partial charge in [0.25, 0.3) is 0 Å².